The molecule has 4 heterocycles. The molecule has 33 heavy (non-hydrogen) atoms. The van der Waals surface area contributed by atoms with Crippen LogP contribution in [0.25, 0.3) is 5.65 Å². The van der Waals surface area contributed by atoms with Crippen molar-refractivity contribution >= 4 is 17.1 Å². The third-order valence-electron chi connectivity index (χ3n) is 5.58. The first-order valence-corrected chi connectivity index (χ1v) is 10.7. The number of piperidine rings is 1. The first-order chi connectivity index (χ1) is 16.0. The summed E-state index contributed by atoms with van der Waals surface area (Å²) < 4.78 is 21.0. The van der Waals surface area contributed by atoms with Crippen LogP contribution in [-0.4, -0.2) is 44.9 Å². The van der Waals surface area contributed by atoms with Gasteiger partial charge in [-0.15, -0.1) is 0 Å². The topological polar surface area (TPSA) is 126 Å². The van der Waals surface area contributed by atoms with Crippen LogP contribution < -0.4 is 15.9 Å². The van der Waals surface area contributed by atoms with Crippen molar-refractivity contribution in [2.45, 2.75) is 38.8 Å². The zero-order valence-corrected chi connectivity index (χ0v) is 18.5. The number of aliphatic imine (C=N–C) groups is 1. The molecule has 3 aromatic rings. The van der Waals surface area contributed by atoms with Crippen molar-refractivity contribution in [3.63, 3.8) is 0 Å². The Bertz CT molecular complexity index is 1240. The van der Waals surface area contributed by atoms with E-state index in [-0.39, 0.29) is 6.04 Å². The van der Waals surface area contributed by atoms with Crippen molar-refractivity contribution in [1.82, 2.24) is 19.7 Å². The number of fused-ring (bicyclic) bond motifs is 1. The number of hydrogen-bond acceptors (Lipinski definition) is 8. The standard InChI is InChI=1S/C23H25FN8O/c1-14(30-18-5-7-27-8-6-18)23(31-26)16-9-21-29-13-19(11-25)32(21)22(10-16)33-15(2)20-4-3-17(24)12-28-20/h3-4,9-10,12-13,15,18,27H,5-8,26H2,1-2H3/b30-14?,31-23+. The van der Waals surface area contributed by atoms with E-state index in [0.29, 0.717) is 34.2 Å². The highest BCUT2D eigenvalue weighted by molar-refractivity contribution is 6.47. The fraction of sp³-hybridized carbons (Fsp3) is 0.348. The minimum atomic E-state index is -0.513. The van der Waals surface area contributed by atoms with Crippen LogP contribution in [-0.2, 0) is 0 Å². The van der Waals surface area contributed by atoms with Crippen molar-refractivity contribution in [1.29, 1.82) is 5.26 Å². The molecule has 0 aliphatic carbocycles. The number of nitriles is 1. The minimum Gasteiger partial charge on any atom is -0.469 e. The van der Waals surface area contributed by atoms with E-state index in [2.05, 4.69) is 26.5 Å². The molecular weight excluding hydrogens is 423 g/mol. The van der Waals surface area contributed by atoms with Gasteiger partial charge in [0.05, 0.1) is 29.8 Å². The van der Waals surface area contributed by atoms with Crippen LogP contribution in [0.1, 0.15) is 49.7 Å². The molecule has 9 nitrogen and oxygen atoms in total. The molecule has 0 amide bonds. The molecule has 3 N–H and O–H groups in total. The summed E-state index contributed by atoms with van der Waals surface area (Å²) in [6.45, 7) is 5.54. The maximum atomic E-state index is 13.3. The fourth-order valence-electron chi connectivity index (χ4n) is 3.90. The summed E-state index contributed by atoms with van der Waals surface area (Å²) in [6, 6.07) is 8.76. The van der Waals surface area contributed by atoms with E-state index in [4.69, 9.17) is 15.6 Å². The Kier molecular flexibility index (Phi) is 6.60. The summed E-state index contributed by atoms with van der Waals surface area (Å²) in [4.78, 5) is 13.3. The molecule has 1 unspecified atom stereocenters. The largest absolute Gasteiger partial charge is 0.469 e. The van der Waals surface area contributed by atoms with Gasteiger partial charge < -0.3 is 15.9 Å². The number of rotatable bonds is 6. The number of hydrogen-bond donors (Lipinski definition) is 2. The quantitative estimate of drug-likeness (QED) is 0.339. The number of nitrogens with one attached hydrogen (secondary N) is 1. The minimum absolute atomic E-state index is 0.212. The second-order valence-electron chi connectivity index (χ2n) is 7.87. The van der Waals surface area contributed by atoms with E-state index in [0.717, 1.165) is 37.8 Å². The first-order valence-electron chi connectivity index (χ1n) is 10.7. The molecule has 0 radical (unpaired) electrons. The molecule has 3 aromatic heterocycles. The summed E-state index contributed by atoms with van der Waals surface area (Å²) in [6.07, 6.45) is 4.01. The van der Waals surface area contributed by atoms with Gasteiger partial charge in [0.1, 0.15) is 35.0 Å². The molecular formula is C23H25FN8O. The monoisotopic (exact) mass is 448 g/mol. The molecule has 0 spiro atoms. The van der Waals surface area contributed by atoms with E-state index < -0.39 is 11.9 Å². The van der Waals surface area contributed by atoms with Crippen LogP contribution in [0.5, 0.6) is 5.88 Å². The number of imidazole rings is 1. The predicted molar refractivity (Wildman–Crippen MR) is 123 cm³/mol. The highest BCUT2D eigenvalue weighted by Gasteiger charge is 2.20. The van der Waals surface area contributed by atoms with Gasteiger partial charge in [-0.25, -0.2) is 9.37 Å². The SMILES string of the molecule is CC(=NC1CCNCC1)/C(=N\N)c1cc(OC(C)c2ccc(F)cn2)n2c(C#N)cnc2c1. The van der Waals surface area contributed by atoms with Gasteiger partial charge in [-0.3, -0.25) is 14.4 Å². The molecule has 0 aromatic carbocycles. The smallest absolute Gasteiger partial charge is 0.201 e. The van der Waals surface area contributed by atoms with Crippen molar-refractivity contribution in [3.05, 3.63) is 59.4 Å². The molecule has 1 saturated heterocycles. The third-order valence-corrected chi connectivity index (χ3v) is 5.58. The lowest BCUT2D eigenvalue weighted by atomic mass is 10.0. The van der Waals surface area contributed by atoms with E-state index >= 15 is 0 Å². The summed E-state index contributed by atoms with van der Waals surface area (Å²) in [5, 5.41) is 16.9. The lowest BCUT2D eigenvalue weighted by molar-refractivity contribution is 0.209. The number of pyridine rings is 2. The fourth-order valence-corrected chi connectivity index (χ4v) is 3.90. The van der Waals surface area contributed by atoms with Crippen molar-refractivity contribution in [2.24, 2.45) is 15.9 Å². The molecule has 10 heteroatoms. The Morgan fingerprint density at radius 1 is 1.30 bits per heavy atom. The molecule has 1 fully saturated rings. The molecule has 0 bridgehead atoms. The number of hydrazone groups is 1. The van der Waals surface area contributed by atoms with Gasteiger partial charge in [0, 0.05) is 11.6 Å². The van der Waals surface area contributed by atoms with E-state index in [9.17, 15) is 9.65 Å². The van der Waals surface area contributed by atoms with Crippen molar-refractivity contribution < 1.29 is 9.13 Å². The van der Waals surface area contributed by atoms with Crippen molar-refractivity contribution in [3.8, 4) is 11.9 Å². The van der Waals surface area contributed by atoms with Crippen LogP contribution in [0, 0.1) is 17.1 Å². The maximum absolute atomic E-state index is 13.3. The number of halogens is 1. The molecule has 170 valence electrons. The zero-order chi connectivity index (χ0) is 23.4. The Hall–Kier alpha value is -3.84. The summed E-state index contributed by atoms with van der Waals surface area (Å²) in [7, 11) is 0. The third kappa shape index (κ3) is 4.83. The van der Waals surface area contributed by atoms with E-state index in [1.54, 1.807) is 29.5 Å². The number of nitrogens with zero attached hydrogens (tertiary/aromatic N) is 6. The Balaban J connectivity index is 1.73. The normalized spacial score (nSPS) is 16.5. The highest BCUT2D eigenvalue weighted by atomic mass is 19.1. The van der Waals surface area contributed by atoms with Gasteiger partial charge in [0.15, 0.2) is 0 Å². The van der Waals surface area contributed by atoms with Crippen LogP contribution in [0.3, 0.4) is 0 Å². The number of aromatic nitrogens is 3. The molecule has 4 rings (SSSR count). The summed E-state index contributed by atoms with van der Waals surface area (Å²) in [5.74, 6) is 5.71. The average Bonchev–Trinajstić information content (AvgIpc) is 3.24. The molecule has 0 saturated carbocycles. The number of nitrogens with two attached hydrogens (primary N) is 1. The van der Waals surface area contributed by atoms with Gasteiger partial charge >= 0.3 is 0 Å². The second kappa shape index (κ2) is 9.75. The Morgan fingerprint density at radius 2 is 2.09 bits per heavy atom. The van der Waals surface area contributed by atoms with E-state index in [1.165, 1.54) is 12.3 Å². The highest BCUT2D eigenvalue weighted by Crippen LogP contribution is 2.26. The lowest BCUT2D eigenvalue weighted by Gasteiger charge is -2.20. The van der Waals surface area contributed by atoms with Gasteiger partial charge in [-0.05, 0) is 58.0 Å². The van der Waals surface area contributed by atoms with Gasteiger partial charge in [-0.1, -0.05) is 0 Å². The van der Waals surface area contributed by atoms with Crippen molar-refractivity contribution in [2.75, 3.05) is 13.1 Å². The molecule has 1 aliphatic heterocycles. The Labute approximate surface area is 190 Å². The molecule has 1 atom stereocenters. The van der Waals surface area contributed by atoms with Crippen LogP contribution in [0.4, 0.5) is 4.39 Å². The number of ether oxygens (including phenoxy) is 1. The van der Waals surface area contributed by atoms with Gasteiger partial charge in [0.2, 0.25) is 5.88 Å². The maximum Gasteiger partial charge on any atom is 0.201 e. The summed E-state index contributed by atoms with van der Waals surface area (Å²) in [5.41, 5.74) is 3.29. The lowest BCUT2D eigenvalue weighted by Crippen LogP contribution is -2.31. The Morgan fingerprint density at radius 3 is 2.76 bits per heavy atom. The summed E-state index contributed by atoms with van der Waals surface area (Å²) >= 11 is 0. The predicted octanol–water partition coefficient (Wildman–Crippen LogP) is 2.76. The van der Waals surface area contributed by atoms with E-state index in [1.807, 2.05) is 6.92 Å². The zero-order valence-electron chi connectivity index (χ0n) is 18.5. The van der Waals surface area contributed by atoms with Crippen LogP contribution in [0.15, 0.2) is 46.8 Å². The second-order valence-corrected chi connectivity index (χ2v) is 7.87. The van der Waals surface area contributed by atoms with Gasteiger partial charge in [0.25, 0.3) is 0 Å². The van der Waals surface area contributed by atoms with Crippen LogP contribution in [0.2, 0.25) is 0 Å². The van der Waals surface area contributed by atoms with Crippen LogP contribution >= 0.6 is 0 Å². The molecule has 1 aliphatic rings. The van der Waals surface area contributed by atoms with Gasteiger partial charge in [-0.2, -0.15) is 10.4 Å². The first kappa shape index (κ1) is 22.4. The average molecular weight is 449 g/mol.